The van der Waals surface area contributed by atoms with Crippen LogP contribution in [0.2, 0.25) is 0 Å². The van der Waals surface area contributed by atoms with E-state index in [1.807, 2.05) is 19.0 Å². The highest BCUT2D eigenvalue weighted by atomic mass is 16.5. The molecule has 1 heterocycles. The van der Waals surface area contributed by atoms with Crippen LogP contribution >= 0.6 is 0 Å². The molecule has 0 radical (unpaired) electrons. The highest BCUT2D eigenvalue weighted by molar-refractivity contribution is 5.45. The number of ether oxygens (including phenoxy) is 1. The fourth-order valence-corrected chi connectivity index (χ4v) is 1.77. The Morgan fingerprint density at radius 1 is 1.26 bits per heavy atom. The summed E-state index contributed by atoms with van der Waals surface area (Å²) in [6, 6.07) is 0.498. The lowest BCUT2D eigenvalue weighted by molar-refractivity contribution is 0.204. The number of aromatic nitrogens is 3. The molecule has 1 fully saturated rings. The lowest BCUT2D eigenvalue weighted by atomic mass is 10.5. The number of anilines is 3. The Balaban J connectivity index is 2.26. The molecule has 3 N–H and O–H groups in total. The van der Waals surface area contributed by atoms with Crippen molar-refractivity contribution in [3.8, 4) is 0 Å². The van der Waals surface area contributed by atoms with E-state index < -0.39 is 0 Å². The van der Waals surface area contributed by atoms with Gasteiger partial charge in [0.2, 0.25) is 17.8 Å². The van der Waals surface area contributed by atoms with Gasteiger partial charge in [-0.3, -0.25) is 5.43 Å². The summed E-state index contributed by atoms with van der Waals surface area (Å²) in [4.78, 5) is 17.0. The van der Waals surface area contributed by atoms with Crippen molar-refractivity contribution >= 4 is 17.8 Å². The molecule has 1 aliphatic carbocycles. The van der Waals surface area contributed by atoms with E-state index in [1.165, 1.54) is 0 Å². The number of hydrazine groups is 1. The molecule has 0 aromatic carbocycles. The number of nitrogen functional groups attached to an aromatic ring is 1. The number of hydrogen-bond donors (Lipinski definition) is 2. The van der Waals surface area contributed by atoms with E-state index in [0.717, 1.165) is 19.4 Å². The van der Waals surface area contributed by atoms with Crippen LogP contribution in [-0.2, 0) is 4.74 Å². The van der Waals surface area contributed by atoms with E-state index >= 15 is 0 Å². The summed E-state index contributed by atoms with van der Waals surface area (Å²) >= 11 is 0. The molecular weight excluding hydrogens is 246 g/mol. The minimum absolute atomic E-state index is 0.372. The van der Waals surface area contributed by atoms with Gasteiger partial charge >= 0.3 is 0 Å². The predicted octanol–water partition coefficient (Wildman–Crippen LogP) is -0.162. The van der Waals surface area contributed by atoms with Gasteiger partial charge in [0.15, 0.2) is 0 Å². The first kappa shape index (κ1) is 13.8. The van der Waals surface area contributed by atoms with Crippen molar-refractivity contribution < 1.29 is 4.74 Å². The summed E-state index contributed by atoms with van der Waals surface area (Å²) < 4.78 is 5.14. The first-order chi connectivity index (χ1) is 9.15. The minimum atomic E-state index is 0.372. The van der Waals surface area contributed by atoms with Gasteiger partial charge in [-0.15, -0.1) is 0 Å². The van der Waals surface area contributed by atoms with Crippen LogP contribution in [0.1, 0.15) is 12.8 Å². The number of nitrogens with one attached hydrogen (secondary N) is 1. The van der Waals surface area contributed by atoms with Gasteiger partial charge in [0.1, 0.15) is 0 Å². The Labute approximate surface area is 112 Å². The van der Waals surface area contributed by atoms with Crippen LogP contribution in [0.4, 0.5) is 17.8 Å². The first-order valence-electron chi connectivity index (χ1n) is 6.31. The maximum Gasteiger partial charge on any atom is 0.243 e. The average Bonchev–Trinajstić information content (AvgIpc) is 3.23. The van der Waals surface area contributed by atoms with Gasteiger partial charge in [-0.05, 0) is 12.8 Å². The molecule has 8 nitrogen and oxygen atoms in total. The van der Waals surface area contributed by atoms with Gasteiger partial charge in [-0.2, -0.15) is 15.0 Å². The van der Waals surface area contributed by atoms with Gasteiger partial charge in [-0.1, -0.05) is 0 Å². The highest BCUT2D eigenvalue weighted by Crippen LogP contribution is 2.30. The number of methoxy groups -OCH3 is 1. The van der Waals surface area contributed by atoms with Crippen molar-refractivity contribution in [2.45, 2.75) is 18.9 Å². The molecule has 8 heteroatoms. The highest BCUT2D eigenvalue weighted by Gasteiger charge is 2.31. The van der Waals surface area contributed by atoms with Crippen LogP contribution in [-0.4, -0.2) is 55.4 Å². The predicted molar refractivity (Wildman–Crippen MR) is 74.2 cm³/mol. The minimum Gasteiger partial charge on any atom is -0.383 e. The normalized spacial score (nSPS) is 14.3. The summed E-state index contributed by atoms with van der Waals surface area (Å²) in [5.74, 6) is 7.02. The van der Waals surface area contributed by atoms with Crippen LogP contribution in [0, 0.1) is 0 Å². The number of rotatable bonds is 7. The molecule has 1 aliphatic rings. The summed E-state index contributed by atoms with van der Waals surface area (Å²) in [7, 11) is 5.46. The molecule has 2 rings (SSSR count). The maximum atomic E-state index is 5.42. The Morgan fingerprint density at radius 2 is 1.95 bits per heavy atom. The molecule has 1 aromatic heterocycles. The summed E-state index contributed by atoms with van der Waals surface area (Å²) in [6.45, 7) is 1.41. The van der Waals surface area contributed by atoms with Crippen molar-refractivity contribution in [1.29, 1.82) is 0 Å². The second-order valence-electron chi connectivity index (χ2n) is 4.72. The molecule has 0 bridgehead atoms. The number of nitrogens with zero attached hydrogens (tertiary/aromatic N) is 5. The third-order valence-electron chi connectivity index (χ3n) is 2.92. The standard InChI is InChI=1S/C11H21N7O/c1-17(2)10-13-9(16-12)14-11(15-10)18(6-7-19-3)8-4-5-8/h8H,4-7,12H2,1-3H3,(H,13,14,15,16). The van der Waals surface area contributed by atoms with Gasteiger partial charge in [0.25, 0.3) is 0 Å². The molecular formula is C11H21N7O. The molecule has 0 saturated heterocycles. The second-order valence-corrected chi connectivity index (χ2v) is 4.72. The molecule has 0 amide bonds. The van der Waals surface area contributed by atoms with E-state index in [4.69, 9.17) is 10.6 Å². The molecule has 0 atom stereocenters. The van der Waals surface area contributed by atoms with Crippen molar-refractivity contribution in [2.24, 2.45) is 5.84 Å². The van der Waals surface area contributed by atoms with E-state index in [0.29, 0.717) is 30.5 Å². The Hall–Kier alpha value is -1.67. The van der Waals surface area contributed by atoms with Crippen LogP contribution in [0.5, 0.6) is 0 Å². The van der Waals surface area contributed by atoms with Gasteiger partial charge in [0.05, 0.1) is 6.61 Å². The monoisotopic (exact) mass is 267 g/mol. The summed E-state index contributed by atoms with van der Waals surface area (Å²) in [6.07, 6.45) is 2.33. The Kier molecular flexibility index (Phi) is 4.33. The summed E-state index contributed by atoms with van der Waals surface area (Å²) in [5.41, 5.74) is 2.49. The summed E-state index contributed by atoms with van der Waals surface area (Å²) in [5, 5.41) is 0. The fourth-order valence-electron chi connectivity index (χ4n) is 1.77. The topological polar surface area (TPSA) is 92.4 Å². The Bertz CT molecular complexity index is 422. The number of nitrogens with two attached hydrogens (primary N) is 1. The third kappa shape index (κ3) is 3.42. The Morgan fingerprint density at radius 3 is 2.47 bits per heavy atom. The van der Waals surface area contributed by atoms with E-state index in [-0.39, 0.29) is 0 Å². The van der Waals surface area contributed by atoms with Gasteiger partial charge in [-0.25, -0.2) is 5.84 Å². The van der Waals surface area contributed by atoms with Crippen LogP contribution < -0.4 is 21.1 Å². The van der Waals surface area contributed by atoms with Crippen LogP contribution in [0.25, 0.3) is 0 Å². The van der Waals surface area contributed by atoms with Crippen LogP contribution in [0.15, 0.2) is 0 Å². The van der Waals surface area contributed by atoms with Crippen molar-refractivity contribution in [1.82, 2.24) is 15.0 Å². The quantitative estimate of drug-likeness (QED) is 0.520. The zero-order chi connectivity index (χ0) is 13.8. The maximum absolute atomic E-state index is 5.42. The lowest BCUT2D eigenvalue weighted by Crippen LogP contribution is -2.32. The molecule has 1 saturated carbocycles. The van der Waals surface area contributed by atoms with Crippen LogP contribution in [0.3, 0.4) is 0 Å². The molecule has 1 aromatic rings. The van der Waals surface area contributed by atoms with Gasteiger partial charge < -0.3 is 14.5 Å². The zero-order valence-electron chi connectivity index (χ0n) is 11.6. The van der Waals surface area contributed by atoms with Crippen molar-refractivity contribution in [3.63, 3.8) is 0 Å². The molecule has 0 aliphatic heterocycles. The first-order valence-corrected chi connectivity index (χ1v) is 6.31. The molecule has 106 valence electrons. The van der Waals surface area contributed by atoms with E-state index in [1.54, 1.807) is 7.11 Å². The molecule has 0 spiro atoms. The largest absolute Gasteiger partial charge is 0.383 e. The smallest absolute Gasteiger partial charge is 0.243 e. The van der Waals surface area contributed by atoms with Crippen molar-refractivity contribution in [3.05, 3.63) is 0 Å². The molecule has 19 heavy (non-hydrogen) atoms. The zero-order valence-corrected chi connectivity index (χ0v) is 11.6. The lowest BCUT2D eigenvalue weighted by Gasteiger charge is -2.23. The number of hydrogen-bond acceptors (Lipinski definition) is 8. The third-order valence-corrected chi connectivity index (χ3v) is 2.92. The second kappa shape index (κ2) is 5.98. The van der Waals surface area contributed by atoms with E-state index in [2.05, 4.69) is 25.3 Å². The fraction of sp³-hybridized carbons (Fsp3) is 0.727. The van der Waals surface area contributed by atoms with Gasteiger partial charge in [0, 0.05) is 33.8 Å². The SMILES string of the molecule is COCCN(c1nc(NN)nc(N(C)C)n1)C1CC1. The average molecular weight is 267 g/mol. The van der Waals surface area contributed by atoms with Crippen molar-refractivity contribution in [2.75, 3.05) is 49.6 Å². The molecule has 0 unspecified atom stereocenters. The van der Waals surface area contributed by atoms with E-state index in [9.17, 15) is 0 Å².